The van der Waals surface area contributed by atoms with Gasteiger partial charge in [-0.25, -0.2) is 20.3 Å². The van der Waals surface area contributed by atoms with E-state index in [0.717, 1.165) is 82.6 Å². The highest BCUT2D eigenvalue weighted by Gasteiger charge is 2.24. The molecule has 452 valence electrons. The lowest BCUT2D eigenvalue weighted by atomic mass is 10.1. The van der Waals surface area contributed by atoms with E-state index in [2.05, 4.69) is 79.7 Å². The van der Waals surface area contributed by atoms with Gasteiger partial charge in [-0.15, -0.1) is 8.67 Å². The zero-order valence-electron chi connectivity index (χ0n) is 41.4. The second-order valence-electron chi connectivity index (χ2n) is 15.9. The minimum atomic E-state index is -5.21. The van der Waals surface area contributed by atoms with Gasteiger partial charge in [0.2, 0.25) is 35.7 Å². The van der Waals surface area contributed by atoms with Crippen LogP contribution in [0, 0.1) is 0 Å². The topological polar surface area (TPSA) is 560 Å². The number of rotatable bonds is 32. The zero-order valence-corrected chi connectivity index (χ0v) is 46.3. The lowest BCUT2D eigenvalue weighted by Gasteiger charge is -2.21. The van der Waals surface area contributed by atoms with E-state index < -0.39 is 134 Å². The average molecular weight is 1300 g/mol. The molecule has 6 aromatic rings. The summed E-state index contributed by atoms with van der Waals surface area (Å²) in [6.45, 7) is -3.46. The Bertz CT molecular complexity index is 3650. The monoisotopic (exact) mass is 1300 g/mol. The van der Waals surface area contributed by atoms with Crippen LogP contribution in [0.25, 0.3) is 12.2 Å². The minimum absolute atomic E-state index is 0.0418. The standard InChI is InChI=1S/C40H40N12O26S6/c53-33(54)19-51(11-13-73-57)39-47-35(45-37(49-39)43-27-17-25(81(61,62)63)7-9-29(27)79-77-75-59)41-23-5-3-21(31(15-23)83(67,68)69)1-2-22-4-6-24(16-32(22)84(70,71)72)42-36-46-38(50-40(48-36)52(12-14-74-58)20-34(55)56)44-28-18-26(82(64,65)66)8-10-30(28)80-78-76-60/h1-10,15-18,57-60H,11-14,19-20H2,(H,53,54)(H,55,56)(H,61,62,63)(H,64,65,66)(H,67,68,69)(H,70,71,72)(H2,41,43,45,47,49)(H2,42,44,46,48,50)/b2-1+. The van der Waals surface area contributed by atoms with Gasteiger partial charge in [0.25, 0.3) is 40.5 Å². The van der Waals surface area contributed by atoms with Crippen molar-refractivity contribution >= 4 is 147 Å². The third-order valence-corrected chi connectivity index (χ3v) is 15.1. The van der Waals surface area contributed by atoms with Crippen LogP contribution in [0.4, 0.5) is 58.4 Å². The molecular weight excluding hydrogens is 1260 g/mol. The molecule has 0 fully saturated rings. The lowest BCUT2D eigenvalue weighted by Crippen LogP contribution is -2.34. The summed E-state index contributed by atoms with van der Waals surface area (Å²) in [6.07, 6.45) is 2.01. The van der Waals surface area contributed by atoms with Gasteiger partial charge in [-0.05, 0) is 71.8 Å². The highest BCUT2D eigenvalue weighted by molar-refractivity contribution is 7.95. The molecule has 4 aromatic carbocycles. The first-order valence-corrected chi connectivity index (χ1v) is 29.3. The van der Waals surface area contributed by atoms with Crippen molar-refractivity contribution in [2.45, 2.75) is 29.4 Å². The Morgan fingerprint density at radius 1 is 0.488 bits per heavy atom. The molecule has 2 aromatic heterocycles. The number of hydrogen-bond donors (Lipinski definition) is 14. The Kier molecular flexibility index (Phi) is 22.4. The number of aromatic nitrogens is 6. The summed E-state index contributed by atoms with van der Waals surface area (Å²) >= 11 is 0.636. The minimum Gasteiger partial charge on any atom is -0.480 e. The first-order valence-electron chi connectivity index (χ1n) is 22.1. The van der Waals surface area contributed by atoms with Crippen LogP contribution in [0.5, 0.6) is 0 Å². The lowest BCUT2D eigenvalue weighted by molar-refractivity contribution is -0.432. The maximum Gasteiger partial charge on any atom is 0.323 e. The predicted molar refractivity (Wildman–Crippen MR) is 285 cm³/mol. The first kappa shape index (κ1) is 65.5. The molecule has 0 aliphatic rings. The Labute approximate surface area is 479 Å². The van der Waals surface area contributed by atoms with Gasteiger partial charge in [0, 0.05) is 24.5 Å². The van der Waals surface area contributed by atoms with Gasteiger partial charge in [0.15, 0.2) is 0 Å². The number of benzene rings is 4. The Morgan fingerprint density at radius 2 is 0.845 bits per heavy atom. The Balaban J connectivity index is 1.38. The van der Waals surface area contributed by atoms with Crippen LogP contribution in [0.2, 0.25) is 0 Å². The molecule has 84 heavy (non-hydrogen) atoms. The van der Waals surface area contributed by atoms with Gasteiger partial charge in [-0.3, -0.25) is 38.3 Å². The second-order valence-corrected chi connectivity index (χ2v) is 23.0. The molecule has 2 heterocycles. The molecule has 0 unspecified atom stereocenters. The maximum absolute atomic E-state index is 12.9. The van der Waals surface area contributed by atoms with Crippen molar-refractivity contribution in [2.24, 2.45) is 0 Å². The van der Waals surface area contributed by atoms with E-state index in [-0.39, 0.29) is 56.8 Å². The highest BCUT2D eigenvalue weighted by Crippen LogP contribution is 2.35. The van der Waals surface area contributed by atoms with Crippen molar-refractivity contribution in [3.8, 4) is 0 Å². The van der Waals surface area contributed by atoms with Gasteiger partial charge in [-0.1, -0.05) is 34.4 Å². The summed E-state index contributed by atoms with van der Waals surface area (Å²) in [7, 11) is -20.1. The van der Waals surface area contributed by atoms with Crippen molar-refractivity contribution in [2.75, 3.05) is 70.5 Å². The molecule has 44 heteroatoms. The van der Waals surface area contributed by atoms with E-state index in [4.69, 9.17) is 21.0 Å². The quantitative estimate of drug-likeness (QED) is 0.00938. The summed E-state index contributed by atoms with van der Waals surface area (Å²) in [5, 5.41) is 72.5. The normalized spacial score (nSPS) is 12.0. The van der Waals surface area contributed by atoms with Crippen molar-refractivity contribution in [1.82, 2.24) is 29.9 Å². The second kappa shape index (κ2) is 28.7. The van der Waals surface area contributed by atoms with E-state index >= 15 is 0 Å². The van der Waals surface area contributed by atoms with Crippen LogP contribution < -0.4 is 31.1 Å². The fraction of sp³-hybridized carbons (Fsp3) is 0.150. The van der Waals surface area contributed by atoms with Crippen molar-refractivity contribution in [1.29, 1.82) is 0 Å². The number of carboxylic acid groups (broad SMARTS) is 2. The molecule has 0 bridgehead atoms. The van der Waals surface area contributed by atoms with E-state index in [1.54, 1.807) is 0 Å². The van der Waals surface area contributed by atoms with Crippen molar-refractivity contribution in [3.63, 3.8) is 0 Å². The van der Waals surface area contributed by atoms with Crippen molar-refractivity contribution in [3.05, 3.63) is 83.9 Å². The predicted octanol–water partition coefficient (Wildman–Crippen LogP) is 3.81. The fourth-order valence-electron chi connectivity index (χ4n) is 6.77. The van der Waals surface area contributed by atoms with Crippen LogP contribution in [0.15, 0.2) is 102 Å². The van der Waals surface area contributed by atoms with E-state index in [0.29, 0.717) is 24.1 Å². The Hall–Kier alpha value is -7.68. The number of aliphatic carboxylic acids is 2. The third-order valence-electron chi connectivity index (χ3n) is 10.2. The molecule has 0 amide bonds. The van der Waals surface area contributed by atoms with Crippen LogP contribution in [-0.4, -0.2) is 164 Å². The molecule has 38 nitrogen and oxygen atoms in total. The number of nitrogens with one attached hydrogen (secondary N) is 4. The van der Waals surface area contributed by atoms with Gasteiger partial charge >= 0.3 is 11.9 Å². The van der Waals surface area contributed by atoms with E-state index in [1.807, 2.05) is 0 Å². The summed E-state index contributed by atoms with van der Waals surface area (Å²) in [6, 6.07) is 12.1. The Morgan fingerprint density at radius 3 is 1.15 bits per heavy atom. The first-order chi connectivity index (χ1) is 39.6. The number of hydrogen-bond acceptors (Lipinski definition) is 34. The smallest absolute Gasteiger partial charge is 0.323 e. The number of anilines is 10. The molecule has 0 radical (unpaired) electrons. The van der Waals surface area contributed by atoms with Crippen LogP contribution in [-0.2, 0) is 78.6 Å². The average Bonchev–Trinajstić information content (AvgIpc) is 2.54. The number of carbonyl (C=O) groups is 2. The molecule has 0 saturated heterocycles. The zero-order chi connectivity index (χ0) is 61.6. The molecule has 6 rings (SSSR count). The number of carboxylic acids is 2. The van der Waals surface area contributed by atoms with Gasteiger partial charge in [0.05, 0.1) is 68.3 Å². The van der Waals surface area contributed by atoms with Crippen LogP contribution >= 0.6 is 24.1 Å². The summed E-state index contributed by atoms with van der Waals surface area (Å²) < 4.78 is 149. The summed E-state index contributed by atoms with van der Waals surface area (Å²) in [5.41, 5.74) is -1.58. The summed E-state index contributed by atoms with van der Waals surface area (Å²) in [4.78, 5) is 55.6. The molecule has 0 spiro atoms. The SMILES string of the molecule is O=C(O)CN(CCOO)c1nc(Nc2ccc(/C=C/c3ccc(Nc4nc(Nc5cc(S(=O)(=O)O)ccc5SOOO)nc(N(CCOO)CC(=O)O)n4)cc3S(=O)(=O)O)c(S(=O)(=O)O)c2)nc(Nc2cc(S(=O)(=O)O)ccc2SOOO)n1. The fourth-order valence-corrected chi connectivity index (χ4v) is 10.1. The third kappa shape index (κ3) is 18.9. The molecule has 14 N–H and O–H groups in total. The molecule has 0 aliphatic carbocycles. The molecular formula is C40H40N12O26S6. The van der Waals surface area contributed by atoms with E-state index in [9.17, 15) is 71.7 Å². The molecule has 0 atom stereocenters. The van der Waals surface area contributed by atoms with Gasteiger partial charge in [-0.2, -0.15) is 63.6 Å². The summed E-state index contributed by atoms with van der Waals surface area (Å²) in [5.74, 6) is -5.87. The molecule has 0 aliphatic heterocycles. The van der Waals surface area contributed by atoms with Crippen molar-refractivity contribution < 1.29 is 121 Å². The molecule has 0 saturated carbocycles. The maximum atomic E-state index is 12.9. The highest BCUT2D eigenvalue weighted by atomic mass is 32.2. The van der Waals surface area contributed by atoms with Gasteiger partial charge < -0.3 is 41.3 Å². The van der Waals surface area contributed by atoms with Crippen LogP contribution in [0.1, 0.15) is 11.1 Å². The van der Waals surface area contributed by atoms with E-state index in [1.165, 1.54) is 12.1 Å². The van der Waals surface area contributed by atoms with Crippen LogP contribution in [0.3, 0.4) is 0 Å². The largest absolute Gasteiger partial charge is 0.480 e. The van der Waals surface area contributed by atoms with Gasteiger partial charge in [0.1, 0.15) is 22.9 Å². The number of nitrogens with zero attached hydrogens (tertiary/aromatic N) is 8.